The summed E-state index contributed by atoms with van der Waals surface area (Å²) < 4.78 is 39.8. The zero-order valence-electron chi connectivity index (χ0n) is 16.9. The average Bonchev–Trinajstić information content (AvgIpc) is 2.67. The Labute approximate surface area is 167 Å². The van der Waals surface area contributed by atoms with E-state index in [0.717, 1.165) is 5.56 Å². The van der Waals surface area contributed by atoms with Gasteiger partial charge in [0.05, 0.1) is 19.3 Å². The van der Waals surface area contributed by atoms with Gasteiger partial charge in [-0.15, -0.1) is 0 Å². The van der Waals surface area contributed by atoms with E-state index in [0.29, 0.717) is 37.5 Å². The van der Waals surface area contributed by atoms with Crippen molar-refractivity contribution in [3.8, 4) is 5.75 Å². The molecule has 0 unspecified atom stereocenters. The molecule has 0 N–H and O–H groups in total. The highest BCUT2D eigenvalue weighted by Gasteiger charge is 2.37. The highest BCUT2D eigenvalue weighted by atomic mass is 32.2. The molecule has 8 nitrogen and oxygen atoms in total. The molecule has 9 heteroatoms. The van der Waals surface area contributed by atoms with Gasteiger partial charge in [-0.25, -0.2) is 0 Å². The lowest BCUT2D eigenvalue weighted by molar-refractivity contribution is -0.0457. The third-order valence-corrected chi connectivity index (χ3v) is 7.19. The van der Waals surface area contributed by atoms with Crippen LogP contribution in [0.5, 0.6) is 5.75 Å². The molecule has 0 saturated carbocycles. The standard InChI is InChI=1S/C19H29N3O5S/c1-14-5-6-17(11-18(14)26-4)19(23)20-7-9-21(10-8-20)28(24,25)22-12-15(2)27-16(3)13-22/h5-6,11,15-16H,7-10,12-13H2,1-4H3/t15-,16+. The molecule has 28 heavy (non-hydrogen) atoms. The van der Waals surface area contributed by atoms with Crippen LogP contribution in [0.2, 0.25) is 0 Å². The van der Waals surface area contributed by atoms with E-state index >= 15 is 0 Å². The number of rotatable bonds is 4. The molecule has 1 amide bonds. The third kappa shape index (κ3) is 4.32. The molecule has 2 heterocycles. The lowest BCUT2D eigenvalue weighted by atomic mass is 10.1. The van der Waals surface area contributed by atoms with Gasteiger partial charge in [0, 0.05) is 44.8 Å². The Morgan fingerprint density at radius 2 is 1.68 bits per heavy atom. The van der Waals surface area contributed by atoms with Gasteiger partial charge in [0.15, 0.2) is 0 Å². The second kappa shape index (κ2) is 8.36. The minimum Gasteiger partial charge on any atom is -0.496 e. The number of carbonyl (C=O) groups excluding carboxylic acids is 1. The van der Waals surface area contributed by atoms with E-state index in [1.807, 2.05) is 26.8 Å². The molecule has 2 saturated heterocycles. The fourth-order valence-electron chi connectivity index (χ4n) is 3.74. The van der Waals surface area contributed by atoms with Crippen molar-refractivity contribution in [1.82, 2.24) is 13.5 Å². The molecule has 2 aliphatic rings. The number of morpholine rings is 1. The van der Waals surface area contributed by atoms with Gasteiger partial charge in [0.1, 0.15) is 5.75 Å². The number of hydrogen-bond acceptors (Lipinski definition) is 5. The van der Waals surface area contributed by atoms with E-state index in [4.69, 9.17) is 9.47 Å². The number of nitrogens with zero attached hydrogens (tertiary/aromatic N) is 3. The first kappa shape index (κ1) is 21.0. The first-order chi connectivity index (χ1) is 13.2. The van der Waals surface area contributed by atoms with Crippen molar-refractivity contribution in [3.05, 3.63) is 29.3 Å². The molecule has 3 rings (SSSR count). The maximum Gasteiger partial charge on any atom is 0.282 e. The summed E-state index contributed by atoms with van der Waals surface area (Å²) in [6.07, 6.45) is -0.254. The van der Waals surface area contributed by atoms with Crippen LogP contribution >= 0.6 is 0 Å². The largest absolute Gasteiger partial charge is 0.496 e. The van der Waals surface area contributed by atoms with E-state index in [9.17, 15) is 13.2 Å². The lowest BCUT2D eigenvalue weighted by Crippen LogP contribution is -2.57. The first-order valence-electron chi connectivity index (χ1n) is 9.57. The maximum atomic E-state index is 13.0. The summed E-state index contributed by atoms with van der Waals surface area (Å²) in [5, 5.41) is 0. The van der Waals surface area contributed by atoms with E-state index in [-0.39, 0.29) is 31.2 Å². The molecule has 0 spiro atoms. The van der Waals surface area contributed by atoms with E-state index in [1.165, 1.54) is 8.61 Å². The SMILES string of the molecule is COc1cc(C(=O)N2CCN(S(=O)(=O)N3C[C@@H](C)O[C@@H](C)C3)CC2)ccc1C. The Morgan fingerprint density at radius 1 is 1.07 bits per heavy atom. The van der Waals surface area contributed by atoms with Crippen LogP contribution in [0.25, 0.3) is 0 Å². The monoisotopic (exact) mass is 411 g/mol. The number of methoxy groups -OCH3 is 1. The molecule has 2 fully saturated rings. The number of piperazine rings is 1. The van der Waals surface area contributed by atoms with E-state index < -0.39 is 10.2 Å². The number of benzene rings is 1. The number of amides is 1. The Kier molecular flexibility index (Phi) is 6.28. The predicted octanol–water partition coefficient (Wildman–Crippen LogP) is 1.12. The second-order valence-corrected chi connectivity index (χ2v) is 9.39. The van der Waals surface area contributed by atoms with Crippen molar-refractivity contribution in [1.29, 1.82) is 0 Å². The van der Waals surface area contributed by atoms with Crippen LogP contribution in [0.15, 0.2) is 18.2 Å². The van der Waals surface area contributed by atoms with Crippen LogP contribution in [0.3, 0.4) is 0 Å². The minimum absolute atomic E-state index is 0.107. The van der Waals surface area contributed by atoms with Gasteiger partial charge in [0.2, 0.25) is 0 Å². The summed E-state index contributed by atoms with van der Waals surface area (Å²) in [6.45, 7) is 7.70. The molecule has 1 aromatic rings. The number of ether oxygens (including phenoxy) is 2. The molecule has 0 radical (unpaired) electrons. The fourth-order valence-corrected chi connectivity index (χ4v) is 5.49. The summed E-state index contributed by atoms with van der Waals surface area (Å²) in [6, 6.07) is 5.37. The first-order valence-corrected chi connectivity index (χ1v) is 11.0. The van der Waals surface area contributed by atoms with Crippen molar-refractivity contribution >= 4 is 16.1 Å². The molecule has 156 valence electrons. The molecular weight excluding hydrogens is 382 g/mol. The maximum absolute atomic E-state index is 13.0. The minimum atomic E-state index is -3.55. The Hall–Kier alpha value is -1.68. The third-order valence-electron chi connectivity index (χ3n) is 5.22. The Balaban J connectivity index is 1.64. The van der Waals surface area contributed by atoms with Gasteiger partial charge in [-0.3, -0.25) is 4.79 Å². The van der Waals surface area contributed by atoms with Crippen molar-refractivity contribution in [2.45, 2.75) is 33.0 Å². The van der Waals surface area contributed by atoms with Crippen LogP contribution in [0, 0.1) is 6.92 Å². The zero-order valence-corrected chi connectivity index (χ0v) is 17.7. The Morgan fingerprint density at radius 3 is 2.25 bits per heavy atom. The average molecular weight is 412 g/mol. The molecule has 0 aliphatic carbocycles. The van der Waals surface area contributed by atoms with Crippen LogP contribution in [0.1, 0.15) is 29.8 Å². The molecular formula is C19H29N3O5S. The van der Waals surface area contributed by atoms with Crippen molar-refractivity contribution in [2.24, 2.45) is 0 Å². The molecule has 2 aliphatic heterocycles. The summed E-state index contributed by atoms with van der Waals surface area (Å²) >= 11 is 0. The molecule has 1 aromatic carbocycles. The zero-order chi connectivity index (χ0) is 20.5. The predicted molar refractivity (Wildman–Crippen MR) is 106 cm³/mol. The number of carbonyl (C=O) groups is 1. The summed E-state index contributed by atoms with van der Waals surface area (Å²) in [4.78, 5) is 14.5. The number of aryl methyl sites for hydroxylation is 1. The summed E-state index contributed by atoms with van der Waals surface area (Å²) in [5.74, 6) is 0.562. The van der Waals surface area contributed by atoms with Gasteiger partial charge in [0.25, 0.3) is 16.1 Å². The molecule has 0 aromatic heterocycles. The van der Waals surface area contributed by atoms with Gasteiger partial charge in [-0.2, -0.15) is 17.0 Å². The van der Waals surface area contributed by atoms with Crippen LogP contribution in [-0.2, 0) is 14.9 Å². The van der Waals surface area contributed by atoms with Crippen molar-refractivity contribution in [2.75, 3.05) is 46.4 Å². The number of hydrogen-bond donors (Lipinski definition) is 0. The topological polar surface area (TPSA) is 79.4 Å². The lowest BCUT2D eigenvalue weighted by Gasteiger charge is -2.40. The normalized spacial score (nSPS) is 24.9. The van der Waals surface area contributed by atoms with E-state index in [1.54, 1.807) is 24.1 Å². The smallest absolute Gasteiger partial charge is 0.282 e. The van der Waals surface area contributed by atoms with Gasteiger partial charge in [-0.05, 0) is 38.5 Å². The van der Waals surface area contributed by atoms with Crippen molar-refractivity contribution in [3.63, 3.8) is 0 Å². The molecule has 2 atom stereocenters. The van der Waals surface area contributed by atoms with Crippen LogP contribution < -0.4 is 4.74 Å². The summed E-state index contributed by atoms with van der Waals surface area (Å²) in [5.41, 5.74) is 1.51. The highest BCUT2D eigenvalue weighted by Crippen LogP contribution is 2.22. The van der Waals surface area contributed by atoms with Crippen LogP contribution in [-0.4, -0.2) is 86.4 Å². The Bertz CT molecular complexity index is 811. The highest BCUT2D eigenvalue weighted by molar-refractivity contribution is 7.86. The summed E-state index contributed by atoms with van der Waals surface area (Å²) in [7, 11) is -1.98. The van der Waals surface area contributed by atoms with Gasteiger partial charge in [-0.1, -0.05) is 6.07 Å². The van der Waals surface area contributed by atoms with Gasteiger partial charge >= 0.3 is 0 Å². The fraction of sp³-hybridized carbons (Fsp3) is 0.632. The second-order valence-electron chi connectivity index (χ2n) is 7.46. The quantitative estimate of drug-likeness (QED) is 0.742. The van der Waals surface area contributed by atoms with Gasteiger partial charge < -0.3 is 14.4 Å². The van der Waals surface area contributed by atoms with Crippen molar-refractivity contribution < 1.29 is 22.7 Å². The van der Waals surface area contributed by atoms with E-state index in [2.05, 4.69) is 0 Å². The molecule has 0 bridgehead atoms. The van der Waals surface area contributed by atoms with Crippen LogP contribution in [0.4, 0.5) is 0 Å².